The molecule has 2 fully saturated rings. The van der Waals surface area contributed by atoms with Crippen molar-refractivity contribution in [1.82, 2.24) is 5.32 Å². The van der Waals surface area contributed by atoms with E-state index < -0.39 is 0 Å². The summed E-state index contributed by atoms with van der Waals surface area (Å²) in [7, 11) is 0. The van der Waals surface area contributed by atoms with Crippen molar-refractivity contribution in [3.05, 3.63) is 36.9 Å². The van der Waals surface area contributed by atoms with Crippen molar-refractivity contribution in [1.29, 1.82) is 0 Å². The lowest BCUT2D eigenvalue weighted by molar-refractivity contribution is -0.128. The fourth-order valence-electron chi connectivity index (χ4n) is 4.20. The SMILES string of the molecule is C=CCNC(=O)C1CCC(C(=O)Nc2ccc(N3CCC(C)CC3)cc2)CC1. The maximum Gasteiger partial charge on any atom is 0.227 e. The third-order valence-corrected chi connectivity index (χ3v) is 6.17. The molecule has 1 aliphatic heterocycles. The summed E-state index contributed by atoms with van der Waals surface area (Å²) in [6, 6.07) is 8.21. The van der Waals surface area contributed by atoms with Gasteiger partial charge in [0.05, 0.1) is 0 Å². The van der Waals surface area contributed by atoms with Gasteiger partial charge in [0, 0.05) is 42.8 Å². The second kappa shape index (κ2) is 9.76. The summed E-state index contributed by atoms with van der Waals surface area (Å²) in [5, 5.41) is 5.91. The molecule has 1 heterocycles. The van der Waals surface area contributed by atoms with Crippen LogP contribution in [-0.2, 0) is 9.59 Å². The van der Waals surface area contributed by atoms with Crippen LogP contribution in [0.5, 0.6) is 0 Å². The highest BCUT2D eigenvalue weighted by atomic mass is 16.2. The highest BCUT2D eigenvalue weighted by Gasteiger charge is 2.29. The molecule has 0 spiro atoms. The van der Waals surface area contributed by atoms with Crippen LogP contribution in [0.25, 0.3) is 0 Å². The zero-order chi connectivity index (χ0) is 19.9. The van der Waals surface area contributed by atoms with Gasteiger partial charge in [0.25, 0.3) is 0 Å². The first-order valence-electron chi connectivity index (χ1n) is 10.6. The van der Waals surface area contributed by atoms with Gasteiger partial charge in [0.1, 0.15) is 0 Å². The molecule has 2 N–H and O–H groups in total. The van der Waals surface area contributed by atoms with Crippen LogP contribution in [0.15, 0.2) is 36.9 Å². The zero-order valence-corrected chi connectivity index (χ0v) is 17.0. The molecule has 0 bridgehead atoms. The van der Waals surface area contributed by atoms with Crippen molar-refractivity contribution in [2.75, 3.05) is 29.9 Å². The number of nitrogens with one attached hydrogen (secondary N) is 2. The number of hydrogen-bond donors (Lipinski definition) is 2. The first kappa shape index (κ1) is 20.4. The Balaban J connectivity index is 1.46. The van der Waals surface area contributed by atoms with Crippen molar-refractivity contribution in [3.63, 3.8) is 0 Å². The predicted molar refractivity (Wildman–Crippen MR) is 114 cm³/mol. The van der Waals surface area contributed by atoms with Gasteiger partial charge in [-0.05, 0) is 68.7 Å². The number of nitrogens with zero attached hydrogens (tertiary/aromatic N) is 1. The van der Waals surface area contributed by atoms with Crippen LogP contribution >= 0.6 is 0 Å². The Hall–Kier alpha value is -2.30. The normalized spacial score (nSPS) is 23.1. The van der Waals surface area contributed by atoms with Gasteiger partial charge >= 0.3 is 0 Å². The summed E-state index contributed by atoms with van der Waals surface area (Å²) in [6.07, 6.45) is 7.25. The van der Waals surface area contributed by atoms with Gasteiger partial charge in [0.15, 0.2) is 0 Å². The number of anilines is 2. The second-order valence-electron chi connectivity index (χ2n) is 8.29. The number of amides is 2. The number of hydrogen-bond acceptors (Lipinski definition) is 3. The van der Waals surface area contributed by atoms with Crippen molar-refractivity contribution in [2.24, 2.45) is 17.8 Å². The molecule has 0 aromatic heterocycles. The van der Waals surface area contributed by atoms with E-state index in [1.54, 1.807) is 6.08 Å². The van der Waals surface area contributed by atoms with Gasteiger partial charge in [-0.15, -0.1) is 6.58 Å². The van der Waals surface area contributed by atoms with Gasteiger partial charge in [-0.2, -0.15) is 0 Å². The van der Waals surface area contributed by atoms with E-state index in [9.17, 15) is 9.59 Å². The third kappa shape index (κ3) is 5.37. The largest absolute Gasteiger partial charge is 0.372 e. The molecule has 0 atom stereocenters. The molecule has 5 heteroatoms. The van der Waals surface area contributed by atoms with Crippen LogP contribution < -0.4 is 15.5 Å². The topological polar surface area (TPSA) is 61.4 Å². The van der Waals surface area contributed by atoms with Crippen LogP contribution in [0, 0.1) is 17.8 Å². The summed E-state index contributed by atoms with van der Waals surface area (Å²) in [5.41, 5.74) is 2.08. The lowest BCUT2D eigenvalue weighted by atomic mass is 9.81. The Morgan fingerprint density at radius 2 is 1.57 bits per heavy atom. The number of benzene rings is 1. The molecule has 152 valence electrons. The third-order valence-electron chi connectivity index (χ3n) is 6.17. The lowest BCUT2D eigenvalue weighted by Gasteiger charge is -2.32. The average molecular weight is 384 g/mol. The number of rotatable bonds is 6. The van der Waals surface area contributed by atoms with Gasteiger partial charge in [0.2, 0.25) is 11.8 Å². The molecule has 1 saturated heterocycles. The molecule has 1 aromatic rings. The summed E-state index contributed by atoms with van der Waals surface area (Å²) >= 11 is 0. The van der Waals surface area contributed by atoms with E-state index >= 15 is 0 Å². The molecule has 2 amide bonds. The molecule has 0 unspecified atom stereocenters. The molecular weight excluding hydrogens is 350 g/mol. The number of carbonyl (C=O) groups excluding carboxylic acids is 2. The lowest BCUT2D eigenvalue weighted by Crippen LogP contribution is -2.35. The van der Waals surface area contributed by atoms with Gasteiger partial charge in [-0.25, -0.2) is 0 Å². The summed E-state index contributed by atoms with van der Waals surface area (Å²) in [5.74, 6) is 0.992. The number of piperidine rings is 1. The van der Waals surface area contributed by atoms with Crippen LogP contribution in [0.4, 0.5) is 11.4 Å². The molecule has 0 radical (unpaired) electrons. The van der Waals surface area contributed by atoms with Crippen molar-refractivity contribution >= 4 is 23.2 Å². The first-order chi connectivity index (χ1) is 13.6. The zero-order valence-electron chi connectivity index (χ0n) is 17.0. The van der Waals surface area contributed by atoms with Crippen LogP contribution in [0.2, 0.25) is 0 Å². The quantitative estimate of drug-likeness (QED) is 0.731. The molecule has 1 aliphatic carbocycles. The predicted octanol–water partition coefficient (Wildman–Crippen LogP) is 3.97. The average Bonchev–Trinajstić information content (AvgIpc) is 2.73. The Bertz CT molecular complexity index is 670. The van der Waals surface area contributed by atoms with E-state index in [2.05, 4.69) is 41.2 Å². The number of carbonyl (C=O) groups is 2. The monoisotopic (exact) mass is 383 g/mol. The smallest absolute Gasteiger partial charge is 0.227 e. The minimum Gasteiger partial charge on any atom is -0.372 e. The highest BCUT2D eigenvalue weighted by Crippen LogP contribution is 2.30. The van der Waals surface area contributed by atoms with Crippen LogP contribution in [0.1, 0.15) is 45.4 Å². The fourth-order valence-corrected chi connectivity index (χ4v) is 4.20. The fraction of sp³-hybridized carbons (Fsp3) is 0.565. The Morgan fingerprint density at radius 3 is 2.14 bits per heavy atom. The van der Waals surface area contributed by atoms with Gasteiger partial charge in [-0.3, -0.25) is 9.59 Å². The van der Waals surface area contributed by atoms with E-state index in [0.717, 1.165) is 50.4 Å². The molecule has 3 rings (SSSR count). The van der Waals surface area contributed by atoms with Gasteiger partial charge in [-0.1, -0.05) is 13.0 Å². The van der Waals surface area contributed by atoms with E-state index in [4.69, 9.17) is 0 Å². The van der Waals surface area contributed by atoms with E-state index in [1.165, 1.54) is 18.5 Å². The maximum absolute atomic E-state index is 12.6. The summed E-state index contributed by atoms with van der Waals surface area (Å²) in [6.45, 7) is 8.65. The maximum atomic E-state index is 12.6. The molecule has 2 aliphatic rings. The van der Waals surface area contributed by atoms with E-state index in [1.807, 2.05) is 12.1 Å². The Morgan fingerprint density at radius 1 is 1.00 bits per heavy atom. The molecule has 28 heavy (non-hydrogen) atoms. The summed E-state index contributed by atoms with van der Waals surface area (Å²) < 4.78 is 0. The van der Waals surface area contributed by atoms with Crippen LogP contribution in [0.3, 0.4) is 0 Å². The molecular formula is C23H33N3O2. The first-order valence-corrected chi connectivity index (χ1v) is 10.6. The van der Waals surface area contributed by atoms with E-state index in [0.29, 0.717) is 6.54 Å². The minimum absolute atomic E-state index is 0.00767. The van der Waals surface area contributed by atoms with E-state index in [-0.39, 0.29) is 23.7 Å². The molecule has 1 aromatic carbocycles. The standard InChI is InChI=1S/C23H33N3O2/c1-3-14-24-22(27)18-4-6-19(7-5-18)23(28)25-20-8-10-21(11-9-20)26-15-12-17(2)13-16-26/h3,8-11,17-19H,1,4-7,12-16H2,2H3,(H,24,27)(H,25,28). The minimum atomic E-state index is -0.00767. The molecule has 1 saturated carbocycles. The van der Waals surface area contributed by atoms with Crippen molar-refractivity contribution in [3.8, 4) is 0 Å². The van der Waals surface area contributed by atoms with Gasteiger partial charge < -0.3 is 15.5 Å². The highest BCUT2D eigenvalue weighted by molar-refractivity contribution is 5.93. The Labute approximate surface area is 168 Å². The summed E-state index contributed by atoms with van der Waals surface area (Å²) in [4.78, 5) is 27.1. The van der Waals surface area contributed by atoms with Crippen LogP contribution in [-0.4, -0.2) is 31.4 Å². The Kier molecular flexibility index (Phi) is 7.12. The van der Waals surface area contributed by atoms with Crippen molar-refractivity contribution in [2.45, 2.75) is 45.4 Å². The second-order valence-corrected chi connectivity index (χ2v) is 8.29. The van der Waals surface area contributed by atoms with Crippen molar-refractivity contribution < 1.29 is 9.59 Å². The molecule has 5 nitrogen and oxygen atoms in total.